The molecule has 0 radical (unpaired) electrons. The van der Waals surface area contributed by atoms with E-state index in [-0.39, 0.29) is 27.9 Å². The van der Waals surface area contributed by atoms with Gasteiger partial charge in [-0.25, -0.2) is 18.0 Å². The molecule has 8 nitrogen and oxygen atoms in total. The number of sulfonamides is 1. The highest BCUT2D eigenvalue weighted by atomic mass is 32.2. The van der Waals surface area contributed by atoms with Crippen molar-refractivity contribution in [2.45, 2.75) is 4.90 Å². The molecule has 0 amide bonds. The molecule has 1 aromatic carbocycles. The van der Waals surface area contributed by atoms with Crippen LogP contribution in [0.3, 0.4) is 0 Å². The smallest absolute Gasteiger partial charge is 0.339 e. The van der Waals surface area contributed by atoms with Crippen molar-refractivity contribution in [2.75, 3.05) is 40.4 Å². The zero-order valence-corrected chi connectivity index (χ0v) is 14.8. The first-order chi connectivity index (χ1) is 11.9. The molecule has 0 spiro atoms. The van der Waals surface area contributed by atoms with Gasteiger partial charge in [-0.2, -0.15) is 4.31 Å². The molecule has 3 rings (SSSR count). The molecular weight excluding hydrogens is 348 g/mol. The quantitative estimate of drug-likeness (QED) is 0.752. The van der Waals surface area contributed by atoms with Crippen LogP contribution in [0.15, 0.2) is 23.1 Å². The summed E-state index contributed by atoms with van der Waals surface area (Å²) < 4.78 is 36.9. The molecule has 9 heteroatoms. The molecule has 0 bridgehead atoms. The Kier molecular flexibility index (Phi) is 4.81. The molecule has 2 fully saturated rings. The van der Waals surface area contributed by atoms with Crippen LogP contribution in [0.1, 0.15) is 20.7 Å². The number of hydrogen-bond donors (Lipinski definition) is 1. The molecule has 136 valence electrons. The molecule has 0 aliphatic carbocycles. The van der Waals surface area contributed by atoms with Crippen molar-refractivity contribution in [3.8, 4) is 0 Å². The highest BCUT2D eigenvalue weighted by Gasteiger charge is 2.42. The molecular formula is C16H20N2O6S. The van der Waals surface area contributed by atoms with Gasteiger partial charge >= 0.3 is 11.9 Å². The Balaban J connectivity index is 2.03. The predicted molar refractivity (Wildman–Crippen MR) is 87.7 cm³/mol. The zero-order valence-electron chi connectivity index (χ0n) is 14.0. The van der Waals surface area contributed by atoms with Gasteiger partial charge in [0.15, 0.2) is 0 Å². The van der Waals surface area contributed by atoms with E-state index >= 15 is 0 Å². The number of nitrogens with zero attached hydrogens (tertiary/aromatic N) is 1. The van der Waals surface area contributed by atoms with Crippen LogP contribution in [0.5, 0.6) is 0 Å². The Morgan fingerprint density at radius 2 is 1.68 bits per heavy atom. The summed E-state index contributed by atoms with van der Waals surface area (Å²) in [5.41, 5.74) is -0.0277. The first kappa shape index (κ1) is 17.8. The fraction of sp³-hybridized carbons (Fsp3) is 0.500. The van der Waals surface area contributed by atoms with E-state index in [0.717, 1.165) is 13.1 Å². The third kappa shape index (κ3) is 3.14. The van der Waals surface area contributed by atoms with E-state index in [1.807, 2.05) is 0 Å². The van der Waals surface area contributed by atoms with Crippen molar-refractivity contribution < 1.29 is 27.5 Å². The van der Waals surface area contributed by atoms with Crippen LogP contribution in [0.2, 0.25) is 0 Å². The van der Waals surface area contributed by atoms with Crippen LogP contribution >= 0.6 is 0 Å². The molecule has 1 N–H and O–H groups in total. The Morgan fingerprint density at radius 1 is 1.08 bits per heavy atom. The Bertz CT molecular complexity index is 795. The third-order valence-corrected chi connectivity index (χ3v) is 6.65. The van der Waals surface area contributed by atoms with Crippen LogP contribution < -0.4 is 5.32 Å². The molecule has 2 aliphatic heterocycles. The lowest BCUT2D eigenvalue weighted by Crippen LogP contribution is -2.33. The number of fused-ring (bicyclic) bond motifs is 1. The van der Waals surface area contributed by atoms with Gasteiger partial charge in [0.25, 0.3) is 0 Å². The molecule has 2 heterocycles. The normalized spacial score (nSPS) is 23.3. The summed E-state index contributed by atoms with van der Waals surface area (Å²) in [6.07, 6.45) is 0. The first-order valence-electron chi connectivity index (χ1n) is 7.90. The lowest BCUT2D eigenvalue weighted by molar-refractivity contribution is 0.0583. The maximum atomic E-state index is 13.1. The van der Waals surface area contributed by atoms with Gasteiger partial charge in [0.05, 0.1) is 30.2 Å². The maximum absolute atomic E-state index is 13.1. The van der Waals surface area contributed by atoms with Crippen molar-refractivity contribution in [1.29, 1.82) is 0 Å². The summed E-state index contributed by atoms with van der Waals surface area (Å²) in [7, 11) is -1.55. The van der Waals surface area contributed by atoms with Gasteiger partial charge in [-0.3, -0.25) is 0 Å². The molecule has 1 aromatic rings. The molecule has 2 atom stereocenters. The highest BCUT2D eigenvalue weighted by molar-refractivity contribution is 7.89. The molecule has 2 aliphatic rings. The van der Waals surface area contributed by atoms with Gasteiger partial charge in [-0.15, -0.1) is 0 Å². The van der Waals surface area contributed by atoms with Crippen LogP contribution in [-0.2, 0) is 19.5 Å². The van der Waals surface area contributed by atoms with Gasteiger partial charge < -0.3 is 14.8 Å². The van der Waals surface area contributed by atoms with Crippen LogP contribution in [0.25, 0.3) is 0 Å². The van der Waals surface area contributed by atoms with Crippen molar-refractivity contribution in [2.24, 2.45) is 11.8 Å². The summed E-state index contributed by atoms with van der Waals surface area (Å²) in [5, 5.41) is 3.25. The second-order valence-corrected chi connectivity index (χ2v) is 8.10. The summed E-state index contributed by atoms with van der Waals surface area (Å²) in [4.78, 5) is 23.6. The topological polar surface area (TPSA) is 102 Å². The lowest BCUT2D eigenvalue weighted by atomic mass is 10.0. The van der Waals surface area contributed by atoms with E-state index in [1.54, 1.807) is 0 Å². The molecule has 0 saturated carbocycles. The van der Waals surface area contributed by atoms with Gasteiger partial charge in [-0.05, 0) is 43.1 Å². The second-order valence-electron chi connectivity index (χ2n) is 6.19. The zero-order chi connectivity index (χ0) is 18.2. The minimum absolute atomic E-state index is 0.0646. The van der Waals surface area contributed by atoms with E-state index in [9.17, 15) is 18.0 Å². The predicted octanol–water partition coefficient (Wildman–Crippen LogP) is 0.0997. The van der Waals surface area contributed by atoms with Crippen LogP contribution in [0.4, 0.5) is 0 Å². The minimum atomic E-state index is -3.93. The fourth-order valence-corrected chi connectivity index (χ4v) is 5.17. The van der Waals surface area contributed by atoms with Crippen molar-refractivity contribution in [3.05, 3.63) is 29.3 Å². The number of carbonyl (C=O) groups is 2. The molecule has 0 unspecified atom stereocenters. The summed E-state index contributed by atoms with van der Waals surface area (Å²) in [5.74, 6) is -0.910. The summed E-state index contributed by atoms with van der Waals surface area (Å²) in [6.45, 7) is 2.34. The van der Waals surface area contributed by atoms with Crippen LogP contribution in [-0.4, -0.2) is 65.1 Å². The molecule has 25 heavy (non-hydrogen) atoms. The lowest BCUT2D eigenvalue weighted by Gasteiger charge is -2.19. The van der Waals surface area contributed by atoms with Crippen molar-refractivity contribution in [3.63, 3.8) is 0 Å². The largest absolute Gasteiger partial charge is 0.465 e. The average Bonchev–Trinajstić information content (AvgIpc) is 3.22. The number of rotatable bonds is 4. The van der Waals surface area contributed by atoms with Crippen molar-refractivity contribution >= 4 is 22.0 Å². The Morgan fingerprint density at radius 3 is 2.24 bits per heavy atom. The number of ether oxygens (including phenoxy) is 2. The Labute approximate surface area is 146 Å². The van der Waals surface area contributed by atoms with Gasteiger partial charge in [0.1, 0.15) is 0 Å². The number of benzene rings is 1. The van der Waals surface area contributed by atoms with E-state index in [4.69, 9.17) is 0 Å². The van der Waals surface area contributed by atoms with E-state index in [0.29, 0.717) is 13.1 Å². The average molecular weight is 368 g/mol. The van der Waals surface area contributed by atoms with Gasteiger partial charge in [0.2, 0.25) is 10.0 Å². The summed E-state index contributed by atoms with van der Waals surface area (Å²) >= 11 is 0. The summed E-state index contributed by atoms with van der Waals surface area (Å²) in [6, 6.07) is 3.81. The Hall–Kier alpha value is -1.97. The molecule has 0 aromatic heterocycles. The third-order valence-electron chi connectivity index (χ3n) is 4.78. The molecule has 2 saturated heterocycles. The van der Waals surface area contributed by atoms with E-state index in [2.05, 4.69) is 14.8 Å². The monoisotopic (exact) mass is 368 g/mol. The maximum Gasteiger partial charge on any atom is 0.339 e. The fourth-order valence-electron chi connectivity index (χ4n) is 3.41. The first-order valence-corrected chi connectivity index (χ1v) is 9.34. The number of methoxy groups -OCH3 is 2. The van der Waals surface area contributed by atoms with Gasteiger partial charge in [-0.1, -0.05) is 0 Å². The SMILES string of the molecule is COC(=O)c1ccc(C(=O)OC)c(S(=O)(=O)N2C[C@H]3CNC[C@H]3C2)c1. The second kappa shape index (κ2) is 6.74. The standard InChI is InChI=1S/C16H20N2O6S/c1-23-15(19)10-3-4-13(16(20)24-2)14(5-10)25(21,22)18-8-11-6-17-7-12(11)9-18/h3-5,11-12,17H,6-9H2,1-2H3/t11-,12+. The number of carbonyl (C=O) groups excluding carboxylic acids is 2. The highest BCUT2D eigenvalue weighted by Crippen LogP contribution is 2.32. The van der Waals surface area contributed by atoms with Gasteiger partial charge in [0, 0.05) is 13.1 Å². The number of hydrogen-bond acceptors (Lipinski definition) is 7. The minimum Gasteiger partial charge on any atom is -0.465 e. The van der Waals surface area contributed by atoms with Crippen molar-refractivity contribution in [1.82, 2.24) is 9.62 Å². The van der Waals surface area contributed by atoms with Crippen LogP contribution in [0, 0.1) is 11.8 Å². The van der Waals surface area contributed by atoms with E-state index < -0.39 is 22.0 Å². The van der Waals surface area contributed by atoms with E-state index in [1.165, 1.54) is 36.7 Å². The number of nitrogens with one attached hydrogen (secondary N) is 1. The number of esters is 2.